The van der Waals surface area contributed by atoms with Gasteiger partial charge in [-0.15, -0.1) is 0 Å². The molecule has 0 fully saturated rings. The minimum absolute atomic E-state index is 0.0415. The van der Waals surface area contributed by atoms with E-state index in [1.807, 2.05) is 0 Å². The Morgan fingerprint density at radius 2 is 1.74 bits per heavy atom. The van der Waals surface area contributed by atoms with E-state index in [9.17, 15) is 28.1 Å². The number of unbranched alkanes of at least 4 members (excludes halogenated alkanes) is 2. The molecule has 0 unspecified atom stereocenters. The molecule has 1 aliphatic heterocycles. The maximum absolute atomic E-state index is 12.4. The molecule has 13 heteroatoms. The summed E-state index contributed by atoms with van der Waals surface area (Å²) in [4.78, 5) is 34.1. The van der Waals surface area contributed by atoms with Crippen LogP contribution in [0.5, 0.6) is 11.5 Å². The monoisotopic (exact) mass is 492 g/mol. The lowest BCUT2D eigenvalue weighted by Crippen LogP contribution is -2.41. The average Bonchev–Trinajstić information content (AvgIpc) is 2.84. The second-order valence-electron chi connectivity index (χ2n) is 7.32. The highest BCUT2D eigenvalue weighted by Crippen LogP contribution is 2.32. The van der Waals surface area contributed by atoms with Crippen molar-refractivity contribution in [3.8, 4) is 11.5 Å². The molecule has 3 rings (SSSR count). The summed E-state index contributed by atoms with van der Waals surface area (Å²) in [5.41, 5.74) is 4.26. The maximum atomic E-state index is 12.4. The lowest BCUT2D eigenvalue weighted by Gasteiger charge is -2.18. The summed E-state index contributed by atoms with van der Waals surface area (Å²) in [5, 5.41) is 10.8. The fraction of sp³-hybridized carbons (Fsp3) is 0.333. The lowest BCUT2D eigenvalue weighted by atomic mass is 10.2. The number of hydrogen-bond acceptors (Lipinski definition) is 8. The van der Waals surface area contributed by atoms with Gasteiger partial charge in [0, 0.05) is 36.7 Å². The maximum Gasteiger partial charge on any atom is 0.270 e. The summed E-state index contributed by atoms with van der Waals surface area (Å²) in [6.07, 6.45) is 1.68. The Morgan fingerprint density at radius 1 is 0.971 bits per heavy atom. The number of rotatable bonds is 10. The number of nitro benzene ring substituents is 1. The molecule has 0 saturated carbocycles. The van der Waals surface area contributed by atoms with Crippen LogP contribution < -0.4 is 25.0 Å². The first-order valence-corrected chi connectivity index (χ1v) is 12.0. The Bertz CT molecular complexity index is 1170. The molecule has 0 aromatic heterocycles. The number of sulfonamides is 1. The summed E-state index contributed by atoms with van der Waals surface area (Å²) in [7, 11) is -3.70. The van der Waals surface area contributed by atoms with Crippen molar-refractivity contribution in [1.29, 1.82) is 0 Å². The third-order valence-corrected chi connectivity index (χ3v) is 6.29. The zero-order chi connectivity index (χ0) is 24.6. The van der Waals surface area contributed by atoms with E-state index < -0.39 is 26.8 Å². The van der Waals surface area contributed by atoms with Crippen molar-refractivity contribution in [2.75, 3.05) is 19.8 Å². The normalized spacial score (nSPS) is 12.6. The molecule has 0 spiro atoms. The molecule has 0 saturated heterocycles. The van der Waals surface area contributed by atoms with Gasteiger partial charge in [0.25, 0.3) is 11.6 Å². The van der Waals surface area contributed by atoms with Crippen LogP contribution in [0.4, 0.5) is 5.69 Å². The zero-order valence-corrected chi connectivity index (χ0v) is 18.9. The summed E-state index contributed by atoms with van der Waals surface area (Å²) < 4.78 is 38.2. The number of hydrazine groups is 1. The standard InChI is InChI=1S/C21H24N4O8S/c26-20(23-24-21(27)15-5-4-6-16(13-15)25(28)29)7-2-1-3-10-22-34(30,31)17-8-9-18-19(14-17)33-12-11-32-18/h4-6,8-9,13-14,22H,1-3,7,10-12H2,(H,23,26)(H,24,27). The Balaban J connectivity index is 1.33. The quantitative estimate of drug-likeness (QED) is 0.256. The van der Waals surface area contributed by atoms with Gasteiger partial charge in [0.05, 0.1) is 9.82 Å². The number of nitrogens with zero attached hydrogens (tertiary/aromatic N) is 1. The Labute approximate surface area is 195 Å². The van der Waals surface area contributed by atoms with Crippen molar-refractivity contribution in [2.24, 2.45) is 0 Å². The number of benzene rings is 2. The van der Waals surface area contributed by atoms with Gasteiger partial charge in [0.2, 0.25) is 15.9 Å². The van der Waals surface area contributed by atoms with E-state index in [0.29, 0.717) is 44.0 Å². The van der Waals surface area contributed by atoms with Gasteiger partial charge in [0.15, 0.2) is 11.5 Å². The highest BCUT2D eigenvalue weighted by molar-refractivity contribution is 7.89. The molecule has 182 valence electrons. The predicted molar refractivity (Wildman–Crippen MR) is 120 cm³/mol. The average molecular weight is 493 g/mol. The molecule has 3 N–H and O–H groups in total. The molecule has 34 heavy (non-hydrogen) atoms. The van der Waals surface area contributed by atoms with E-state index in [2.05, 4.69) is 15.6 Å². The Hall–Kier alpha value is -3.71. The number of carbonyl (C=O) groups excluding carboxylic acids is 2. The minimum Gasteiger partial charge on any atom is -0.486 e. The lowest BCUT2D eigenvalue weighted by molar-refractivity contribution is -0.384. The second kappa shape index (κ2) is 11.4. The number of non-ortho nitro benzene ring substituents is 1. The summed E-state index contributed by atoms with van der Waals surface area (Å²) >= 11 is 0. The van der Waals surface area contributed by atoms with Crippen LogP contribution in [0.15, 0.2) is 47.4 Å². The van der Waals surface area contributed by atoms with Crippen LogP contribution in [0.1, 0.15) is 36.0 Å². The fourth-order valence-electron chi connectivity index (χ4n) is 3.09. The number of amides is 2. The number of ether oxygens (including phenoxy) is 2. The van der Waals surface area contributed by atoms with E-state index in [4.69, 9.17) is 9.47 Å². The zero-order valence-electron chi connectivity index (χ0n) is 18.1. The van der Waals surface area contributed by atoms with Gasteiger partial charge in [0.1, 0.15) is 13.2 Å². The number of hydrogen-bond donors (Lipinski definition) is 3. The van der Waals surface area contributed by atoms with Crippen LogP contribution in [-0.4, -0.2) is 44.9 Å². The molecule has 2 aromatic carbocycles. The third kappa shape index (κ3) is 6.89. The molecular weight excluding hydrogens is 468 g/mol. The molecule has 1 heterocycles. The number of carbonyl (C=O) groups is 2. The van der Waals surface area contributed by atoms with E-state index in [1.54, 1.807) is 6.07 Å². The van der Waals surface area contributed by atoms with E-state index in [-0.39, 0.29) is 29.1 Å². The van der Waals surface area contributed by atoms with Gasteiger partial charge in [-0.3, -0.25) is 30.6 Å². The molecule has 0 bridgehead atoms. The molecule has 1 aliphatic rings. The first kappa shape index (κ1) is 24.9. The molecule has 0 aliphatic carbocycles. The van der Waals surface area contributed by atoms with Gasteiger partial charge in [-0.25, -0.2) is 13.1 Å². The third-order valence-electron chi connectivity index (χ3n) is 4.83. The van der Waals surface area contributed by atoms with Crippen molar-refractivity contribution in [3.05, 3.63) is 58.1 Å². The molecule has 2 aromatic rings. The Morgan fingerprint density at radius 3 is 2.50 bits per heavy atom. The number of nitro groups is 1. The summed E-state index contributed by atoms with van der Waals surface area (Å²) in [6, 6.07) is 9.54. The van der Waals surface area contributed by atoms with Crippen LogP contribution in [0.2, 0.25) is 0 Å². The largest absolute Gasteiger partial charge is 0.486 e. The summed E-state index contributed by atoms with van der Waals surface area (Å²) in [6.45, 7) is 0.970. The van der Waals surface area contributed by atoms with Crippen molar-refractivity contribution in [3.63, 3.8) is 0 Å². The minimum atomic E-state index is -3.70. The van der Waals surface area contributed by atoms with Crippen molar-refractivity contribution >= 4 is 27.5 Å². The van der Waals surface area contributed by atoms with Crippen molar-refractivity contribution < 1.29 is 32.4 Å². The van der Waals surface area contributed by atoms with Gasteiger partial charge in [-0.1, -0.05) is 12.5 Å². The predicted octanol–water partition coefficient (Wildman–Crippen LogP) is 1.67. The highest BCUT2D eigenvalue weighted by Gasteiger charge is 2.19. The van der Waals surface area contributed by atoms with Crippen LogP contribution in [-0.2, 0) is 14.8 Å². The molecule has 0 atom stereocenters. The van der Waals surface area contributed by atoms with Crippen molar-refractivity contribution in [2.45, 2.75) is 30.6 Å². The number of fused-ring (bicyclic) bond motifs is 1. The molecule has 0 radical (unpaired) electrons. The van der Waals surface area contributed by atoms with Gasteiger partial charge in [-0.05, 0) is 31.0 Å². The Kier molecular flexibility index (Phi) is 8.38. The van der Waals surface area contributed by atoms with Crippen LogP contribution in [0.25, 0.3) is 0 Å². The number of nitrogens with one attached hydrogen (secondary N) is 3. The molecule has 12 nitrogen and oxygen atoms in total. The summed E-state index contributed by atoms with van der Waals surface area (Å²) in [5.74, 6) is -0.219. The van der Waals surface area contributed by atoms with Crippen LogP contribution in [0, 0.1) is 10.1 Å². The van der Waals surface area contributed by atoms with Gasteiger partial charge < -0.3 is 9.47 Å². The van der Waals surface area contributed by atoms with E-state index >= 15 is 0 Å². The molecule has 2 amide bonds. The second-order valence-corrected chi connectivity index (χ2v) is 9.09. The van der Waals surface area contributed by atoms with Crippen molar-refractivity contribution in [1.82, 2.24) is 15.6 Å². The first-order valence-electron chi connectivity index (χ1n) is 10.5. The molecular formula is C21H24N4O8S. The smallest absolute Gasteiger partial charge is 0.270 e. The van der Waals surface area contributed by atoms with Crippen LogP contribution in [0.3, 0.4) is 0 Å². The van der Waals surface area contributed by atoms with E-state index in [0.717, 1.165) is 6.07 Å². The first-order chi connectivity index (χ1) is 16.3. The van der Waals surface area contributed by atoms with Gasteiger partial charge >= 0.3 is 0 Å². The highest BCUT2D eigenvalue weighted by atomic mass is 32.2. The van der Waals surface area contributed by atoms with Crippen LogP contribution >= 0.6 is 0 Å². The fourth-order valence-corrected chi connectivity index (χ4v) is 4.18. The van der Waals surface area contributed by atoms with Gasteiger partial charge in [-0.2, -0.15) is 0 Å². The van der Waals surface area contributed by atoms with E-state index in [1.165, 1.54) is 30.3 Å². The SMILES string of the molecule is O=C(CCCCCNS(=O)(=O)c1ccc2c(c1)OCCO2)NNC(=O)c1cccc([N+](=O)[O-])c1. The topological polar surface area (TPSA) is 166 Å².